The SMILES string of the molecule is COCCNCC(Cc1ccc(O)cc1)C(C)C. The van der Waals surface area contributed by atoms with Crippen molar-refractivity contribution in [1.82, 2.24) is 5.32 Å². The second kappa shape index (κ2) is 8.11. The van der Waals surface area contributed by atoms with E-state index in [0.29, 0.717) is 17.6 Å². The number of benzene rings is 1. The zero-order valence-corrected chi connectivity index (χ0v) is 11.6. The van der Waals surface area contributed by atoms with Crippen LogP contribution in [-0.4, -0.2) is 31.9 Å². The molecule has 0 aliphatic heterocycles. The minimum atomic E-state index is 0.332. The van der Waals surface area contributed by atoms with E-state index in [1.807, 2.05) is 12.1 Å². The summed E-state index contributed by atoms with van der Waals surface area (Å²) in [6.07, 6.45) is 1.04. The van der Waals surface area contributed by atoms with Crippen molar-refractivity contribution in [1.29, 1.82) is 0 Å². The van der Waals surface area contributed by atoms with Gasteiger partial charge in [-0.15, -0.1) is 0 Å². The van der Waals surface area contributed by atoms with E-state index in [-0.39, 0.29) is 0 Å². The molecule has 0 heterocycles. The van der Waals surface area contributed by atoms with Crippen LogP contribution in [0.1, 0.15) is 19.4 Å². The number of hydrogen-bond acceptors (Lipinski definition) is 3. The number of aromatic hydroxyl groups is 1. The fourth-order valence-electron chi connectivity index (χ4n) is 1.94. The van der Waals surface area contributed by atoms with Crippen molar-refractivity contribution >= 4 is 0 Å². The maximum absolute atomic E-state index is 9.27. The van der Waals surface area contributed by atoms with Gasteiger partial charge >= 0.3 is 0 Å². The number of phenolic OH excluding ortho intramolecular Hbond substituents is 1. The van der Waals surface area contributed by atoms with Crippen LogP contribution in [0.25, 0.3) is 0 Å². The molecule has 0 aliphatic carbocycles. The third-order valence-electron chi connectivity index (χ3n) is 3.27. The Morgan fingerprint density at radius 1 is 1.22 bits per heavy atom. The van der Waals surface area contributed by atoms with Gasteiger partial charge in [0.1, 0.15) is 5.75 Å². The van der Waals surface area contributed by atoms with Crippen molar-refractivity contribution in [3.05, 3.63) is 29.8 Å². The number of ether oxygens (including phenoxy) is 1. The second-order valence-corrected chi connectivity index (χ2v) is 5.07. The summed E-state index contributed by atoms with van der Waals surface area (Å²) in [6, 6.07) is 7.51. The molecule has 0 saturated heterocycles. The van der Waals surface area contributed by atoms with Crippen LogP contribution in [0, 0.1) is 11.8 Å². The summed E-state index contributed by atoms with van der Waals surface area (Å²) < 4.78 is 5.03. The summed E-state index contributed by atoms with van der Waals surface area (Å²) in [7, 11) is 1.72. The normalized spacial score (nSPS) is 12.9. The van der Waals surface area contributed by atoms with Crippen LogP contribution in [0.4, 0.5) is 0 Å². The zero-order chi connectivity index (χ0) is 13.4. The third-order valence-corrected chi connectivity index (χ3v) is 3.27. The van der Waals surface area contributed by atoms with E-state index in [4.69, 9.17) is 4.74 Å². The molecule has 1 aromatic rings. The highest BCUT2D eigenvalue weighted by molar-refractivity contribution is 5.26. The number of nitrogens with one attached hydrogen (secondary N) is 1. The molecule has 18 heavy (non-hydrogen) atoms. The van der Waals surface area contributed by atoms with Crippen LogP contribution in [0.3, 0.4) is 0 Å². The van der Waals surface area contributed by atoms with E-state index < -0.39 is 0 Å². The van der Waals surface area contributed by atoms with Gasteiger partial charge in [-0.3, -0.25) is 0 Å². The van der Waals surface area contributed by atoms with Crippen molar-refractivity contribution in [2.24, 2.45) is 11.8 Å². The van der Waals surface area contributed by atoms with Gasteiger partial charge in [-0.1, -0.05) is 26.0 Å². The molecule has 1 rings (SSSR count). The highest BCUT2D eigenvalue weighted by atomic mass is 16.5. The molecule has 0 spiro atoms. The maximum Gasteiger partial charge on any atom is 0.115 e. The summed E-state index contributed by atoms with van der Waals surface area (Å²) in [5.74, 6) is 1.57. The van der Waals surface area contributed by atoms with Crippen LogP contribution < -0.4 is 5.32 Å². The molecule has 2 N–H and O–H groups in total. The first-order chi connectivity index (χ1) is 8.63. The fourth-order valence-corrected chi connectivity index (χ4v) is 1.94. The Bertz CT molecular complexity index is 322. The molecule has 0 bridgehead atoms. The summed E-state index contributed by atoms with van der Waals surface area (Å²) in [5.41, 5.74) is 1.28. The van der Waals surface area contributed by atoms with Gasteiger partial charge < -0.3 is 15.2 Å². The standard InChI is InChI=1S/C15H25NO2/c1-12(2)14(11-16-8-9-18-3)10-13-4-6-15(17)7-5-13/h4-7,12,14,16-17H,8-11H2,1-3H3. The average molecular weight is 251 g/mol. The van der Waals surface area contributed by atoms with Crippen LogP contribution in [0.5, 0.6) is 5.75 Å². The van der Waals surface area contributed by atoms with Crippen LogP contribution in [0.15, 0.2) is 24.3 Å². The average Bonchev–Trinajstić information content (AvgIpc) is 2.35. The van der Waals surface area contributed by atoms with E-state index in [0.717, 1.165) is 26.1 Å². The molecule has 1 atom stereocenters. The molecule has 0 amide bonds. The van der Waals surface area contributed by atoms with Gasteiger partial charge in [-0.05, 0) is 42.5 Å². The predicted molar refractivity (Wildman–Crippen MR) is 74.9 cm³/mol. The van der Waals surface area contributed by atoms with Gasteiger partial charge in [-0.2, -0.15) is 0 Å². The minimum Gasteiger partial charge on any atom is -0.508 e. The molecule has 0 aliphatic rings. The quantitative estimate of drug-likeness (QED) is 0.697. The predicted octanol–water partition coefficient (Wildman–Crippen LogP) is 2.44. The lowest BCUT2D eigenvalue weighted by Gasteiger charge is -2.21. The molecule has 1 unspecified atom stereocenters. The molecule has 1 aromatic carbocycles. The smallest absolute Gasteiger partial charge is 0.115 e. The van der Waals surface area contributed by atoms with Gasteiger partial charge in [0.05, 0.1) is 6.61 Å². The van der Waals surface area contributed by atoms with E-state index in [2.05, 4.69) is 19.2 Å². The summed E-state index contributed by atoms with van der Waals surface area (Å²) in [4.78, 5) is 0. The summed E-state index contributed by atoms with van der Waals surface area (Å²) in [5, 5.41) is 12.7. The van der Waals surface area contributed by atoms with Crippen LogP contribution >= 0.6 is 0 Å². The first-order valence-corrected chi connectivity index (χ1v) is 6.61. The van der Waals surface area contributed by atoms with Gasteiger partial charge in [0.2, 0.25) is 0 Å². The van der Waals surface area contributed by atoms with Gasteiger partial charge in [0.15, 0.2) is 0 Å². The fraction of sp³-hybridized carbons (Fsp3) is 0.600. The Hall–Kier alpha value is -1.06. The Balaban J connectivity index is 2.44. The Kier molecular flexibility index (Phi) is 6.76. The summed E-state index contributed by atoms with van der Waals surface area (Å²) in [6.45, 7) is 7.16. The molecular formula is C15H25NO2. The zero-order valence-electron chi connectivity index (χ0n) is 11.6. The van der Waals surface area contributed by atoms with E-state index in [9.17, 15) is 5.11 Å². The molecule has 0 aromatic heterocycles. The molecule has 0 radical (unpaired) electrons. The van der Waals surface area contributed by atoms with Gasteiger partial charge in [-0.25, -0.2) is 0 Å². The number of hydrogen-bond donors (Lipinski definition) is 2. The first-order valence-electron chi connectivity index (χ1n) is 6.61. The molecular weight excluding hydrogens is 226 g/mol. The topological polar surface area (TPSA) is 41.5 Å². The largest absolute Gasteiger partial charge is 0.508 e. The lowest BCUT2D eigenvalue weighted by molar-refractivity contribution is 0.196. The monoisotopic (exact) mass is 251 g/mol. The molecule has 0 saturated carbocycles. The maximum atomic E-state index is 9.27. The number of rotatable bonds is 8. The lowest BCUT2D eigenvalue weighted by atomic mass is 9.89. The highest BCUT2D eigenvalue weighted by Crippen LogP contribution is 2.18. The number of phenols is 1. The Labute approximate surface area is 110 Å². The van der Waals surface area contributed by atoms with Crippen molar-refractivity contribution in [2.75, 3.05) is 26.8 Å². The molecule has 102 valence electrons. The Morgan fingerprint density at radius 2 is 1.89 bits per heavy atom. The summed E-state index contributed by atoms with van der Waals surface area (Å²) >= 11 is 0. The third kappa shape index (κ3) is 5.52. The van der Waals surface area contributed by atoms with Crippen LogP contribution in [-0.2, 0) is 11.2 Å². The van der Waals surface area contributed by atoms with E-state index in [1.54, 1.807) is 19.2 Å². The lowest BCUT2D eigenvalue weighted by Crippen LogP contribution is -2.30. The number of methoxy groups -OCH3 is 1. The van der Waals surface area contributed by atoms with Crippen molar-refractivity contribution < 1.29 is 9.84 Å². The van der Waals surface area contributed by atoms with Crippen molar-refractivity contribution in [3.8, 4) is 5.75 Å². The first kappa shape index (κ1) is 15.0. The molecule has 3 nitrogen and oxygen atoms in total. The van der Waals surface area contributed by atoms with Crippen LogP contribution in [0.2, 0.25) is 0 Å². The Morgan fingerprint density at radius 3 is 2.44 bits per heavy atom. The minimum absolute atomic E-state index is 0.332. The van der Waals surface area contributed by atoms with Crippen molar-refractivity contribution in [3.63, 3.8) is 0 Å². The molecule has 3 heteroatoms. The molecule has 0 fully saturated rings. The van der Waals surface area contributed by atoms with Gasteiger partial charge in [0.25, 0.3) is 0 Å². The second-order valence-electron chi connectivity index (χ2n) is 5.07. The highest BCUT2D eigenvalue weighted by Gasteiger charge is 2.13. The van der Waals surface area contributed by atoms with Gasteiger partial charge in [0, 0.05) is 13.7 Å². The van der Waals surface area contributed by atoms with E-state index in [1.165, 1.54) is 5.56 Å². The van der Waals surface area contributed by atoms with Crippen molar-refractivity contribution in [2.45, 2.75) is 20.3 Å². The van der Waals surface area contributed by atoms with E-state index >= 15 is 0 Å².